The third-order valence-electron chi connectivity index (χ3n) is 19.9. The highest BCUT2D eigenvalue weighted by molar-refractivity contribution is 5.65. The van der Waals surface area contributed by atoms with Gasteiger partial charge in [-0.2, -0.15) is 40.9 Å². The minimum absolute atomic E-state index is 0.136. The molecule has 16 heteroatoms. The Bertz CT molecular complexity index is 3450. The maximum atomic E-state index is 10.4. The Hall–Kier alpha value is -9.44. The molecular weight excluding hydrogens is 1350 g/mol. The molecule has 9 rings (SSSR count). The average Bonchev–Trinajstić information content (AvgIpc) is 0.774. The fraction of sp³-hybridized carbons (Fsp3) is 0.478. The lowest BCUT2D eigenvalue weighted by molar-refractivity contribution is 0.293. The van der Waals surface area contributed by atoms with E-state index in [9.17, 15) is 20.4 Å². The third kappa shape index (κ3) is 28.9. The van der Waals surface area contributed by atoms with Crippen LogP contribution in [0.1, 0.15) is 278 Å². The van der Waals surface area contributed by atoms with Crippen LogP contribution in [-0.4, -0.2) is 46.9 Å². The van der Waals surface area contributed by atoms with Crippen molar-refractivity contribution in [3.63, 3.8) is 0 Å². The molecule has 4 N–H and O–H groups in total. The van der Waals surface area contributed by atoms with Crippen molar-refractivity contribution in [3.8, 4) is 46.0 Å². The first kappa shape index (κ1) is 82.6. The number of benzene rings is 8. The summed E-state index contributed by atoms with van der Waals surface area (Å²) in [5.41, 5.74) is 11.7. The van der Waals surface area contributed by atoms with Crippen molar-refractivity contribution < 1.29 is 39.4 Å². The molecule has 0 saturated heterocycles. The summed E-state index contributed by atoms with van der Waals surface area (Å²) in [6.45, 7) is 11.0. The molecule has 1 aliphatic carbocycles. The Morgan fingerprint density at radius 3 is 0.519 bits per heavy atom. The first-order chi connectivity index (χ1) is 53.0. The predicted octanol–water partition coefficient (Wildman–Crippen LogP) is 28.9. The van der Waals surface area contributed by atoms with Gasteiger partial charge in [0, 0.05) is 70.2 Å². The topological polar surface area (TPSA) is 217 Å². The molecular formula is C92H120N8O8. The van der Waals surface area contributed by atoms with Crippen molar-refractivity contribution in [1.29, 1.82) is 0 Å². The minimum atomic E-state index is 0.136. The molecule has 8 aromatic rings. The van der Waals surface area contributed by atoms with E-state index < -0.39 is 0 Å². The van der Waals surface area contributed by atoms with Crippen LogP contribution in [0, 0.1) is 0 Å². The van der Waals surface area contributed by atoms with Gasteiger partial charge in [-0.05, 0) is 171 Å². The standard InChI is InChI=1S/C92H120N8O8/c1-5-9-13-17-21-25-29-33-53-105-89-69-57-71-63-82(98-94-78-39-47-86(102)48-40-78)65-73(90(71)106-54-34-30-26-22-18-14-10-6-2)59-75-67-84(100-96-80-43-51-88(104)52-44-80)68-76(92(75)108-56-36-32-28-24-20-16-12-8-4)60-74-66-83(99-95-79-41-49-87(103)50-42-79)64-72(91(74)107-55-35-31-27-23-19-15-11-7-3)58-70(89)62-81(61-69)97-93-77-37-45-85(101)46-38-77/h37-52,61-68,101-104H,5-36,53-60H2,1-4H3. The van der Waals surface area contributed by atoms with Gasteiger partial charge in [0.15, 0.2) is 0 Å². The fourth-order valence-electron chi connectivity index (χ4n) is 14.0. The number of rotatable bonds is 48. The highest BCUT2D eigenvalue weighted by atomic mass is 16.5. The van der Waals surface area contributed by atoms with Crippen LogP contribution in [0.25, 0.3) is 0 Å². The van der Waals surface area contributed by atoms with Crippen molar-refractivity contribution in [2.45, 2.75) is 259 Å². The van der Waals surface area contributed by atoms with E-state index in [0.29, 0.717) is 97.6 Å². The molecule has 0 amide bonds. The van der Waals surface area contributed by atoms with Crippen molar-refractivity contribution in [2.75, 3.05) is 26.4 Å². The van der Waals surface area contributed by atoms with E-state index in [4.69, 9.17) is 59.9 Å². The Morgan fingerprint density at radius 2 is 0.352 bits per heavy atom. The first-order valence-electron chi connectivity index (χ1n) is 41.0. The van der Waals surface area contributed by atoms with Crippen LogP contribution in [0.15, 0.2) is 187 Å². The summed E-state index contributed by atoms with van der Waals surface area (Å²) in [6.07, 6.45) is 37.9. The average molecular weight is 1470 g/mol. The molecule has 16 nitrogen and oxygen atoms in total. The highest BCUT2D eigenvalue weighted by Crippen LogP contribution is 2.45. The molecule has 0 unspecified atom stereocenters. The largest absolute Gasteiger partial charge is 0.508 e. The molecule has 576 valence electrons. The third-order valence-corrected chi connectivity index (χ3v) is 19.9. The van der Waals surface area contributed by atoms with Crippen molar-refractivity contribution in [2.24, 2.45) is 40.9 Å². The summed E-state index contributed by atoms with van der Waals surface area (Å²) in [5.74, 6) is 3.48. The van der Waals surface area contributed by atoms with Crippen molar-refractivity contribution in [3.05, 3.63) is 190 Å². The Kier molecular flexibility index (Phi) is 36.2. The summed E-state index contributed by atoms with van der Waals surface area (Å²) >= 11 is 0. The van der Waals surface area contributed by atoms with E-state index in [1.165, 1.54) is 128 Å². The zero-order chi connectivity index (χ0) is 75.6. The number of azo groups is 4. The van der Waals surface area contributed by atoms with E-state index in [1.807, 2.05) is 0 Å². The van der Waals surface area contributed by atoms with E-state index in [0.717, 1.165) is 145 Å². The summed E-state index contributed by atoms with van der Waals surface area (Å²) in [7, 11) is 0. The summed E-state index contributed by atoms with van der Waals surface area (Å²) in [6, 6.07) is 43.7. The molecule has 0 saturated carbocycles. The zero-order valence-corrected chi connectivity index (χ0v) is 65.1. The lowest BCUT2D eigenvalue weighted by Gasteiger charge is -2.24. The molecule has 108 heavy (non-hydrogen) atoms. The minimum Gasteiger partial charge on any atom is -0.508 e. The molecule has 0 fully saturated rings. The number of phenols is 4. The van der Waals surface area contributed by atoms with Crippen LogP contribution in [0.5, 0.6) is 46.0 Å². The molecule has 0 radical (unpaired) electrons. The number of phenolic OH excluding ortho intramolecular Hbond substituents is 4. The molecule has 0 spiro atoms. The normalized spacial score (nSPS) is 12.3. The number of hydrogen-bond donors (Lipinski definition) is 4. The lowest BCUT2D eigenvalue weighted by atomic mass is 9.90. The maximum absolute atomic E-state index is 10.4. The van der Waals surface area contributed by atoms with Crippen LogP contribution in [0.3, 0.4) is 0 Å². The molecule has 0 aliphatic heterocycles. The van der Waals surface area contributed by atoms with Gasteiger partial charge in [0.05, 0.1) is 71.9 Å². The van der Waals surface area contributed by atoms with E-state index in [-0.39, 0.29) is 23.0 Å². The molecule has 0 heterocycles. The molecule has 8 aromatic carbocycles. The monoisotopic (exact) mass is 1460 g/mol. The Balaban J connectivity index is 1.30. The number of unbranched alkanes of at least 4 members (excludes halogenated alkanes) is 28. The van der Waals surface area contributed by atoms with Gasteiger partial charge >= 0.3 is 0 Å². The van der Waals surface area contributed by atoms with Gasteiger partial charge in [0.25, 0.3) is 0 Å². The molecule has 0 aromatic heterocycles. The van der Waals surface area contributed by atoms with E-state index in [1.54, 1.807) is 97.1 Å². The maximum Gasteiger partial charge on any atom is 0.126 e. The fourth-order valence-corrected chi connectivity index (χ4v) is 14.0. The van der Waals surface area contributed by atoms with Crippen LogP contribution in [0.2, 0.25) is 0 Å². The van der Waals surface area contributed by atoms with E-state index >= 15 is 0 Å². The zero-order valence-electron chi connectivity index (χ0n) is 65.1. The molecule has 1 aliphatic rings. The van der Waals surface area contributed by atoms with Gasteiger partial charge in [-0.1, -0.05) is 207 Å². The highest BCUT2D eigenvalue weighted by Gasteiger charge is 2.26. The Morgan fingerprint density at radius 1 is 0.204 bits per heavy atom. The molecule has 0 atom stereocenters. The van der Waals surface area contributed by atoms with Crippen molar-refractivity contribution in [1.82, 2.24) is 0 Å². The van der Waals surface area contributed by atoms with Gasteiger partial charge in [-0.25, -0.2) is 0 Å². The second-order valence-corrected chi connectivity index (χ2v) is 29.2. The van der Waals surface area contributed by atoms with E-state index in [2.05, 4.69) is 76.2 Å². The predicted molar refractivity (Wildman–Crippen MR) is 439 cm³/mol. The summed E-state index contributed by atoms with van der Waals surface area (Å²) in [5, 5.41) is 80.8. The summed E-state index contributed by atoms with van der Waals surface area (Å²) in [4.78, 5) is 0. The quantitative estimate of drug-likeness (QED) is 0.0212. The number of ether oxygens (including phenoxy) is 4. The second-order valence-electron chi connectivity index (χ2n) is 29.2. The van der Waals surface area contributed by atoms with Gasteiger partial charge in [0.2, 0.25) is 0 Å². The van der Waals surface area contributed by atoms with Crippen LogP contribution in [0.4, 0.5) is 45.5 Å². The number of hydrogen-bond acceptors (Lipinski definition) is 16. The number of nitrogens with zero attached hydrogens (tertiary/aromatic N) is 8. The molecule has 8 bridgehead atoms. The van der Waals surface area contributed by atoms with Crippen LogP contribution < -0.4 is 18.9 Å². The number of fused-ring (bicyclic) bond motifs is 8. The van der Waals surface area contributed by atoms with Gasteiger partial charge < -0.3 is 39.4 Å². The Labute approximate surface area is 643 Å². The van der Waals surface area contributed by atoms with Crippen LogP contribution >= 0.6 is 0 Å². The lowest BCUT2D eigenvalue weighted by Crippen LogP contribution is -2.10. The van der Waals surface area contributed by atoms with Crippen molar-refractivity contribution >= 4 is 45.5 Å². The second kappa shape index (κ2) is 47.4. The smallest absolute Gasteiger partial charge is 0.126 e. The SMILES string of the molecule is CCCCCCCCCCOc1c2cc(N=Nc3ccc(O)cc3)cc1Cc1cc(N=Nc3ccc(O)cc3)cc(c1OCCCCCCCCCC)Cc1cc(N=Nc3ccc(O)cc3)cc(c1OCCCCCCCCCC)Cc1cc(N=Nc3ccc(O)cc3)cc(c1OCCCCCCCCCC)C2. The van der Waals surface area contributed by atoms with Gasteiger partial charge in [-0.15, -0.1) is 0 Å². The van der Waals surface area contributed by atoms with Crippen LogP contribution in [-0.2, 0) is 25.7 Å². The van der Waals surface area contributed by atoms with Gasteiger partial charge in [0.1, 0.15) is 46.0 Å². The first-order valence-corrected chi connectivity index (χ1v) is 41.0. The summed E-state index contributed by atoms with van der Waals surface area (Å²) < 4.78 is 29.5. The number of aromatic hydroxyl groups is 4. The van der Waals surface area contributed by atoms with Gasteiger partial charge in [-0.3, -0.25) is 0 Å².